The summed E-state index contributed by atoms with van der Waals surface area (Å²) in [6, 6.07) is 5.97. The Balaban J connectivity index is 2.97. The number of carboxylic acid groups (broad SMARTS) is 1. The minimum Gasteiger partial charge on any atom is -0.504 e. The Bertz CT molecular complexity index is 629. The highest BCUT2D eigenvalue weighted by Crippen LogP contribution is 2.29. The van der Waals surface area contributed by atoms with Crippen molar-refractivity contribution in [2.24, 2.45) is 0 Å². The van der Waals surface area contributed by atoms with Crippen LogP contribution in [-0.4, -0.2) is 21.2 Å². The van der Waals surface area contributed by atoms with Gasteiger partial charge in [-0.15, -0.1) is 0 Å². The van der Waals surface area contributed by atoms with E-state index >= 15 is 0 Å². The fourth-order valence-electron chi connectivity index (χ4n) is 1.49. The average Bonchev–Trinajstić information content (AvgIpc) is 2.29. The zero-order valence-corrected chi connectivity index (χ0v) is 8.01. The van der Waals surface area contributed by atoms with Crippen LogP contribution in [0.1, 0.15) is 15.9 Å². The van der Waals surface area contributed by atoms with Crippen molar-refractivity contribution in [1.82, 2.24) is 4.98 Å². The normalized spacial score (nSPS) is 9.94. The topological polar surface area (TPSA) is 94.2 Å². The molecule has 5 nitrogen and oxygen atoms in total. The first-order valence-corrected chi connectivity index (χ1v) is 4.39. The second-order valence-corrected chi connectivity index (χ2v) is 3.14. The number of aromatic nitrogens is 1. The van der Waals surface area contributed by atoms with Crippen LogP contribution in [-0.2, 0) is 0 Å². The summed E-state index contributed by atoms with van der Waals surface area (Å²) in [6.07, 6.45) is 1.43. The summed E-state index contributed by atoms with van der Waals surface area (Å²) in [5.74, 6) is -1.45. The van der Waals surface area contributed by atoms with Gasteiger partial charge in [-0.1, -0.05) is 6.07 Å². The number of aromatic carboxylic acids is 1. The molecule has 0 spiro atoms. The van der Waals surface area contributed by atoms with Gasteiger partial charge in [-0.05, 0) is 12.1 Å². The summed E-state index contributed by atoms with van der Waals surface area (Å²) in [6.45, 7) is 0. The summed E-state index contributed by atoms with van der Waals surface area (Å²) in [4.78, 5) is 14.8. The first-order chi connectivity index (χ1) is 7.65. The lowest BCUT2D eigenvalue weighted by Gasteiger charge is -2.05. The van der Waals surface area contributed by atoms with Gasteiger partial charge in [0.15, 0.2) is 5.75 Å². The Morgan fingerprint density at radius 1 is 1.50 bits per heavy atom. The predicted octanol–water partition coefficient (Wildman–Crippen LogP) is 1.51. The number of phenolic OH excluding ortho intramolecular Hbond substituents is 1. The molecule has 78 valence electrons. The molecule has 0 saturated carbocycles. The molecule has 2 rings (SSSR count). The Morgan fingerprint density at radius 2 is 2.25 bits per heavy atom. The van der Waals surface area contributed by atoms with Crippen LogP contribution in [0.25, 0.3) is 10.9 Å². The van der Waals surface area contributed by atoms with E-state index in [0.29, 0.717) is 5.39 Å². The molecule has 0 fully saturated rings. The third-order valence-corrected chi connectivity index (χ3v) is 2.22. The zero-order valence-electron chi connectivity index (χ0n) is 8.01. The van der Waals surface area contributed by atoms with E-state index < -0.39 is 5.97 Å². The smallest absolute Gasteiger partial charge is 0.336 e. The first kappa shape index (κ1) is 9.93. The van der Waals surface area contributed by atoms with Gasteiger partial charge in [0.1, 0.15) is 11.6 Å². The highest BCUT2D eigenvalue weighted by atomic mass is 16.4. The number of hydrogen-bond donors (Lipinski definition) is 2. The number of benzene rings is 1. The molecule has 0 aliphatic carbocycles. The minimum absolute atomic E-state index is 0.0440. The highest BCUT2D eigenvalue weighted by Gasteiger charge is 2.15. The molecule has 1 aromatic carbocycles. The summed E-state index contributed by atoms with van der Waals surface area (Å²) in [5, 5.41) is 27.7. The van der Waals surface area contributed by atoms with E-state index in [0.717, 1.165) is 6.07 Å². The van der Waals surface area contributed by atoms with Gasteiger partial charge in [-0.3, -0.25) is 4.98 Å². The molecule has 0 bridgehead atoms. The SMILES string of the molecule is N#Cc1cc(C(=O)O)c2cccnc2c1O. The summed E-state index contributed by atoms with van der Waals surface area (Å²) >= 11 is 0. The van der Waals surface area contributed by atoms with E-state index in [9.17, 15) is 9.90 Å². The number of fused-ring (bicyclic) bond motifs is 1. The van der Waals surface area contributed by atoms with Gasteiger partial charge < -0.3 is 10.2 Å². The van der Waals surface area contributed by atoms with E-state index in [2.05, 4.69) is 4.98 Å². The number of nitrogens with zero attached hydrogens (tertiary/aromatic N) is 2. The van der Waals surface area contributed by atoms with Gasteiger partial charge >= 0.3 is 5.97 Å². The molecule has 0 amide bonds. The molecular weight excluding hydrogens is 208 g/mol. The molecule has 2 N–H and O–H groups in total. The van der Waals surface area contributed by atoms with E-state index in [1.165, 1.54) is 12.3 Å². The number of carboxylic acids is 1. The van der Waals surface area contributed by atoms with Crippen molar-refractivity contribution in [2.45, 2.75) is 0 Å². The van der Waals surface area contributed by atoms with Crippen LogP contribution >= 0.6 is 0 Å². The number of rotatable bonds is 1. The average molecular weight is 214 g/mol. The fraction of sp³-hybridized carbons (Fsp3) is 0. The monoisotopic (exact) mass is 214 g/mol. The van der Waals surface area contributed by atoms with Crippen LogP contribution in [0.2, 0.25) is 0 Å². The molecule has 0 aliphatic rings. The van der Waals surface area contributed by atoms with Gasteiger partial charge in [0, 0.05) is 11.6 Å². The standard InChI is InChI=1S/C11H6N2O3/c12-5-6-4-8(11(15)16)7-2-1-3-13-9(7)10(6)14/h1-4,14H,(H,15,16). The Kier molecular flexibility index (Phi) is 2.18. The van der Waals surface area contributed by atoms with Crippen LogP contribution in [0.4, 0.5) is 0 Å². The van der Waals surface area contributed by atoms with Crippen LogP contribution in [0.15, 0.2) is 24.4 Å². The molecule has 0 aliphatic heterocycles. The second-order valence-electron chi connectivity index (χ2n) is 3.14. The minimum atomic E-state index is -1.16. The predicted molar refractivity (Wildman–Crippen MR) is 55.1 cm³/mol. The van der Waals surface area contributed by atoms with Crippen molar-refractivity contribution < 1.29 is 15.0 Å². The van der Waals surface area contributed by atoms with Crippen molar-refractivity contribution in [2.75, 3.05) is 0 Å². The molecule has 1 aromatic heterocycles. The lowest BCUT2D eigenvalue weighted by Crippen LogP contribution is -1.99. The second kappa shape index (κ2) is 3.51. The molecular formula is C11H6N2O3. The molecule has 2 aromatic rings. The molecule has 0 unspecified atom stereocenters. The van der Waals surface area contributed by atoms with Crippen molar-refractivity contribution in [3.05, 3.63) is 35.5 Å². The summed E-state index contributed by atoms with van der Waals surface area (Å²) in [7, 11) is 0. The van der Waals surface area contributed by atoms with Gasteiger partial charge in [0.25, 0.3) is 0 Å². The van der Waals surface area contributed by atoms with Crippen molar-refractivity contribution >= 4 is 16.9 Å². The largest absolute Gasteiger partial charge is 0.504 e. The van der Waals surface area contributed by atoms with E-state index in [1.54, 1.807) is 12.1 Å². The van der Waals surface area contributed by atoms with E-state index in [-0.39, 0.29) is 22.4 Å². The fourth-order valence-corrected chi connectivity index (χ4v) is 1.49. The van der Waals surface area contributed by atoms with Gasteiger partial charge in [-0.25, -0.2) is 4.79 Å². The van der Waals surface area contributed by atoms with Crippen molar-refractivity contribution in [3.8, 4) is 11.8 Å². The molecule has 16 heavy (non-hydrogen) atoms. The molecule has 0 saturated heterocycles. The third kappa shape index (κ3) is 1.33. The number of carbonyl (C=O) groups is 1. The van der Waals surface area contributed by atoms with Crippen LogP contribution in [0.5, 0.6) is 5.75 Å². The maximum absolute atomic E-state index is 11.0. The molecule has 0 atom stereocenters. The Hall–Kier alpha value is -2.61. The van der Waals surface area contributed by atoms with Crippen LogP contribution in [0.3, 0.4) is 0 Å². The Morgan fingerprint density at radius 3 is 2.88 bits per heavy atom. The number of hydrogen-bond acceptors (Lipinski definition) is 4. The van der Waals surface area contributed by atoms with Gasteiger partial charge in [0.2, 0.25) is 0 Å². The maximum atomic E-state index is 11.0. The van der Waals surface area contributed by atoms with Crippen molar-refractivity contribution in [1.29, 1.82) is 5.26 Å². The van der Waals surface area contributed by atoms with Gasteiger partial charge in [0.05, 0.1) is 11.1 Å². The molecule has 1 heterocycles. The van der Waals surface area contributed by atoms with Crippen molar-refractivity contribution in [3.63, 3.8) is 0 Å². The Labute approximate surface area is 90.2 Å². The summed E-state index contributed by atoms with van der Waals surface area (Å²) < 4.78 is 0. The summed E-state index contributed by atoms with van der Waals surface area (Å²) in [5.41, 5.74) is -0.0139. The quantitative estimate of drug-likeness (QED) is 0.750. The van der Waals surface area contributed by atoms with E-state index in [1.807, 2.05) is 0 Å². The highest BCUT2D eigenvalue weighted by molar-refractivity contribution is 6.05. The van der Waals surface area contributed by atoms with Crippen LogP contribution in [0, 0.1) is 11.3 Å². The number of pyridine rings is 1. The zero-order chi connectivity index (χ0) is 11.7. The van der Waals surface area contributed by atoms with Gasteiger partial charge in [-0.2, -0.15) is 5.26 Å². The van der Waals surface area contributed by atoms with E-state index in [4.69, 9.17) is 10.4 Å². The first-order valence-electron chi connectivity index (χ1n) is 4.39. The number of phenols is 1. The maximum Gasteiger partial charge on any atom is 0.336 e. The van der Waals surface area contributed by atoms with Crippen LogP contribution < -0.4 is 0 Å². The molecule has 5 heteroatoms. The third-order valence-electron chi connectivity index (χ3n) is 2.22. The number of nitriles is 1. The lowest BCUT2D eigenvalue weighted by atomic mass is 10.0. The lowest BCUT2D eigenvalue weighted by molar-refractivity contribution is 0.0699. The molecule has 0 radical (unpaired) electrons. The number of aromatic hydroxyl groups is 1.